The Hall–Kier alpha value is -2.07. The third kappa shape index (κ3) is 4.26. The van der Waals surface area contributed by atoms with E-state index < -0.39 is 23.5 Å². The van der Waals surface area contributed by atoms with Crippen LogP contribution in [0.5, 0.6) is 0 Å². The van der Waals surface area contributed by atoms with Crippen LogP contribution >= 0.6 is 15.9 Å². The molecule has 24 heavy (non-hydrogen) atoms. The van der Waals surface area contributed by atoms with Crippen LogP contribution in [0.2, 0.25) is 0 Å². The van der Waals surface area contributed by atoms with E-state index in [9.17, 15) is 14.9 Å². The van der Waals surface area contributed by atoms with Gasteiger partial charge in [0.15, 0.2) is 6.10 Å². The zero-order valence-corrected chi connectivity index (χ0v) is 15.1. The molecule has 0 bridgehead atoms. The monoisotopic (exact) mass is 393 g/mol. The topological polar surface area (TPSA) is 105 Å². The van der Waals surface area contributed by atoms with E-state index in [1.165, 1.54) is 6.92 Å². The Balaban J connectivity index is 2.02. The minimum absolute atomic E-state index is 0.191. The first-order chi connectivity index (χ1) is 11.4. The van der Waals surface area contributed by atoms with Gasteiger partial charge in [-0.15, -0.1) is 0 Å². The number of halogens is 1. The second-order valence-corrected chi connectivity index (χ2v) is 6.94. The molecule has 3 N–H and O–H groups in total. The summed E-state index contributed by atoms with van der Waals surface area (Å²) in [5.74, 6) is -1.15. The molecule has 1 aromatic carbocycles. The number of amides is 1. The molecule has 1 aromatic rings. The van der Waals surface area contributed by atoms with E-state index in [0.29, 0.717) is 17.3 Å². The van der Waals surface area contributed by atoms with Crippen molar-refractivity contribution in [3.63, 3.8) is 0 Å². The number of nitriles is 1. The van der Waals surface area contributed by atoms with Crippen molar-refractivity contribution in [1.82, 2.24) is 5.32 Å². The second-order valence-electron chi connectivity index (χ2n) is 6.02. The number of hydrogen-bond acceptors (Lipinski definition) is 5. The quantitative estimate of drug-likeness (QED) is 0.604. The van der Waals surface area contributed by atoms with Gasteiger partial charge in [-0.1, -0.05) is 35.2 Å². The number of rotatable bonds is 4. The van der Waals surface area contributed by atoms with Gasteiger partial charge in [-0.2, -0.15) is 5.26 Å². The molecule has 128 valence electrons. The largest absolute Gasteiger partial charge is 0.449 e. The highest BCUT2D eigenvalue weighted by Gasteiger charge is 2.35. The average Bonchev–Trinajstić information content (AvgIpc) is 2.57. The first-order valence-electron chi connectivity index (χ1n) is 7.86. The third-order valence-corrected chi connectivity index (χ3v) is 4.67. The van der Waals surface area contributed by atoms with Crippen molar-refractivity contribution in [2.75, 3.05) is 5.73 Å². The molecule has 1 aliphatic rings. The Kier molecular flexibility index (Phi) is 5.84. The number of nitrogens with two attached hydrogens (primary N) is 1. The van der Waals surface area contributed by atoms with Crippen LogP contribution in [-0.2, 0) is 9.53 Å². The molecule has 1 aliphatic carbocycles. The Morgan fingerprint density at radius 3 is 2.67 bits per heavy atom. The molecule has 0 heterocycles. The van der Waals surface area contributed by atoms with Gasteiger partial charge in [0.2, 0.25) is 0 Å². The van der Waals surface area contributed by atoms with Gasteiger partial charge in [-0.25, -0.2) is 4.79 Å². The van der Waals surface area contributed by atoms with Crippen LogP contribution < -0.4 is 11.1 Å². The number of carbonyl (C=O) groups is 2. The van der Waals surface area contributed by atoms with E-state index >= 15 is 0 Å². The summed E-state index contributed by atoms with van der Waals surface area (Å²) in [4.78, 5) is 24.5. The van der Waals surface area contributed by atoms with Gasteiger partial charge in [-0.3, -0.25) is 4.79 Å². The predicted octanol–water partition coefficient (Wildman–Crippen LogP) is 2.92. The number of hydrogen-bond donors (Lipinski definition) is 2. The molecular weight excluding hydrogens is 374 g/mol. The first kappa shape index (κ1) is 18.3. The molecule has 0 aliphatic heterocycles. The van der Waals surface area contributed by atoms with Crippen LogP contribution in [0.15, 0.2) is 22.7 Å². The number of nitrogen functional groups attached to an aromatic ring is 1. The molecule has 7 heteroatoms. The van der Waals surface area contributed by atoms with Crippen molar-refractivity contribution >= 4 is 33.5 Å². The van der Waals surface area contributed by atoms with Gasteiger partial charge in [0.25, 0.3) is 5.91 Å². The van der Waals surface area contributed by atoms with Crippen LogP contribution in [0.4, 0.5) is 5.69 Å². The summed E-state index contributed by atoms with van der Waals surface area (Å²) in [5, 5.41) is 12.2. The lowest BCUT2D eigenvalue weighted by Crippen LogP contribution is -2.52. The van der Waals surface area contributed by atoms with Gasteiger partial charge >= 0.3 is 5.97 Å². The maximum Gasteiger partial charge on any atom is 0.341 e. The molecule has 1 saturated carbocycles. The number of esters is 1. The van der Waals surface area contributed by atoms with Crippen molar-refractivity contribution < 1.29 is 14.3 Å². The van der Waals surface area contributed by atoms with Crippen LogP contribution in [0.1, 0.15) is 49.4 Å². The highest BCUT2D eigenvalue weighted by molar-refractivity contribution is 9.10. The minimum Gasteiger partial charge on any atom is -0.449 e. The zero-order chi connectivity index (χ0) is 17.7. The van der Waals surface area contributed by atoms with Crippen molar-refractivity contribution in [3.05, 3.63) is 28.2 Å². The molecule has 2 rings (SSSR count). The highest BCUT2D eigenvalue weighted by atomic mass is 79.9. The lowest BCUT2D eigenvalue weighted by Gasteiger charge is -2.32. The van der Waals surface area contributed by atoms with Crippen LogP contribution in [0.3, 0.4) is 0 Å². The van der Waals surface area contributed by atoms with Crippen LogP contribution in [0.25, 0.3) is 0 Å². The second kappa shape index (κ2) is 7.67. The average molecular weight is 394 g/mol. The van der Waals surface area contributed by atoms with Crippen molar-refractivity contribution in [3.8, 4) is 6.07 Å². The summed E-state index contributed by atoms with van der Waals surface area (Å²) >= 11 is 3.26. The Morgan fingerprint density at radius 1 is 1.38 bits per heavy atom. The van der Waals surface area contributed by atoms with Crippen molar-refractivity contribution in [2.45, 2.75) is 50.7 Å². The minimum atomic E-state index is -1.01. The Morgan fingerprint density at radius 2 is 2.04 bits per heavy atom. The van der Waals surface area contributed by atoms with Crippen molar-refractivity contribution in [2.24, 2.45) is 0 Å². The number of carbonyl (C=O) groups excluding carboxylic acids is 2. The first-order valence-corrected chi connectivity index (χ1v) is 8.65. The lowest BCUT2D eigenvalue weighted by molar-refractivity contribution is -0.130. The van der Waals surface area contributed by atoms with Gasteiger partial charge in [0.1, 0.15) is 5.54 Å². The third-order valence-electron chi connectivity index (χ3n) is 4.17. The van der Waals surface area contributed by atoms with E-state index in [1.807, 2.05) is 0 Å². The van der Waals surface area contributed by atoms with Crippen molar-refractivity contribution in [1.29, 1.82) is 5.26 Å². The summed E-state index contributed by atoms with van der Waals surface area (Å²) in [6.07, 6.45) is 3.09. The van der Waals surface area contributed by atoms with Gasteiger partial charge in [0.05, 0.1) is 11.6 Å². The van der Waals surface area contributed by atoms with E-state index in [0.717, 1.165) is 19.3 Å². The summed E-state index contributed by atoms with van der Waals surface area (Å²) in [5.41, 5.74) is 5.38. The molecule has 1 amide bonds. The molecule has 0 aromatic heterocycles. The summed E-state index contributed by atoms with van der Waals surface area (Å²) in [6.45, 7) is 1.48. The number of nitrogens with zero attached hydrogens (tertiary/aromatic N) is 1. The predicted molar refractivity (Wildman–Crippen MR) is 93.0 cm³/mol. The smallest absolute Gasteiger partial charge is 0.341 e. The van der Waals surface area contributed by atoms with Gasteiger partial charge < -0.3 is 15.8 Å². The molecule has 1 fully saturated rings. The van der Waals surface area contributed by atoms with E-state index in [-0.39, 0.29) is 11.3 Å². The molecule has 0 spiro atoms. The van der Waals surface area contributed by atoms with E-state index in [2.05, 4.69) is 27.3 Å². The highest BCUT2D eigenvalue weighted by Crippen LogP contribution is 2.27. The zero-order valence-electron chi connectivity index (χ0n) is 13.5. The van der Waals surface area contributed by atoms with E-state index in [4.69, 9.17) is 10.5 Å². The Bertz CT molecular complexity index is 678. The maximum absolute atomic E-state index is 12.3. The van der Waals surface area contributed by atoms with Gasteiger partial charge in [-0.05, 0) is 38.0 Å². The fourth-order valence-corrected chi connectivity index (χ4v) is 3.10. The number of ether oxygens (including phenoxy) is 1. The normalized spacial score (nSPS) is 17.4. The Labute approximate surface area is 149 Å². The number of nitrogens with one attached hydrogen (secondary N) is 1. The SMILES string of the molecule is C[C@@H](OC(=O)c1cc(Br)ccc1N)C(=O)NC1(C#N)CCCCC1. The maximum atomic E-state index is 12.3. The standard InChI is InChI=1S/C17H20BrN3O3/c1-11(15(22)21-17(10-19)7-3-2-4-8-17)24-16(23)13-9-12(18)5-6-14(13)20/h5-6,9,11H,2-4,7-8,20H2,1H3,(H,21,22)/t11-/m1/s1. The molecule has 6 nitrogen and oxygen atoms in total. The van der Waals surface area contributed by atoms with E-state index in [1.54, 1.807) is 18.2 Å². The van der Waals surface area contributed by atoms with Crippen LogP contribution in [0, 0.1) is 11.3 Å². The van der Waals surface area contributed by atoms with Gasteiger partial charge in [0, 0.05) is 10.2 Å². The fraction of sp³-hybridized carbons (Fsp3) is 0.471. The number of benzene rings is 1. The molecular formula is C17H20BrN3O3. The summed E-state index contributed by atoms with van der Waals surface area (Å²) in [6, 6.07) is 7.04. The molecule has 0 unspecified atom stereocenters. The molecule has 1 atom stereocenters. The number of anilines is 1. The lowest BCUT2D eigenvalue weighted by atomic mass is 9.83. The fourth-order valence-electron chi connectivity index (χ4n) is 2.74. The summed E-state index contributed by atoms with van der Waals surface area (Å²) < 4.78 is 5.89. The molecule has 0 radical (unpaired) electrons. The molecule has 0 saturated heterocycles. The summed E-state index contributed by atoms with van der Waals surface area (Å²) in [7, 11) is 0. The van der Waals surface area contributed by atoms with Crippen LogP contribution in [-0.4, -0.2) is 23.5 Å².